The first-order valence-electron chi connectivity index (χ1n) is 11.1. The van der Waals surface area contributed by atoms with Gasteiger partial charge in [-0.2, -0.15) is 0 Å². The Morgan fingerprint density at radius 1 is 1.06 bits per heavy atom. The molecular formula is C26H31N3O3. The van der Waals surface area contributed by atoms with E-state index in [2.05, 4.69) is 39.5 Å². The molecular weight excluding hydrogens is 402 g/mol. The van der Waals surface area contributed by atoms with Crippen molar-refractivity contribution in [1.82, 2.24) is 15.2 Å². The van der Waals surface area contributed by atoms with Crippen molar-refractivity contribution in [3.05, 3.63) is 89.2 Å². The van der Waals surface area contributed by atoms with Crippen LogP contribution in [0.5, 0.6) is 11.5 Å². The van der Waals surface area contributed by atoms with Crippen molar-refractivity contribution in [2.75, 3.05) is 26.7 Å². The summed E-state index contributed by atoms with van der Waals surface area (Å²) in [5.74, 6) is 1.39. The number of methoxy groups -OCH3 is 1. The lowest BCUT2D eigenvalue weighted by atomic mass is 10.00. The van der Waals surface area contributed by atoms with Gasteiger partial charge in [-0.25, -0.2) is 0 Å². The van der Waals surface area contributed by atoms with E-state index in [4.69, 9.17) is 9.47 Å². The third-order valence-corrected chi connectivity index (χ3v) is 5.73. The number of rotatable bonds is 10. The number of benzene rings is 2. The fourth-order valence-electron chi connectivity index (χ4n) is 4.04. The Bertz CT molecular complexity index is 997. The molecule has 1 atom stereocenters. The van der Waals surface area contributed by atoms with Crippen LogP contribution in [0, 0.1) is 0 Å². The summed E-state index contributed by atoms with van der Waals surface area (Å²) < 4.78 is 11.4. The molecule has 6 nitrogen and oxygen atoms in total. The molecule has 0 radical (unpaired) electrons. The highest BCUT2D eigenvalue weighted by Gasteiger charge is 2.18. The molecule has 2 heterocycles. The van der Waals surface area contributed by atoms with E-state index in [9.17, 15) is 5.11 Å². The molecule has 1 aromatic heterocycles. The van der Waals surface area contributed by atoms with E-state index in [1.54, 1.807) is 19.5 Å². The van der Waals surface area contributed by atoms with E-state index >= 15 is 0 Å². The number of ether oxygens (including phenoxy) is 2. The SMILES string of the molecule is COc1ccc(CNCC(O)CN2CCc3ccccc3C2)cc1OCc1cccnc1. The zero-order valence-electron chi connectivity index (χ0n) is 18.5. The molecule has 2 aromatic carbocycles. The maximum atomic E-state index is 10.5. The van der Waals surface area contributed by atoms with Crippen molar-refractivity contribution in [3.63, 3.8) is 0 Å². The smallest absolute Gasteiger partial charge is 0.161 e. The third kappa shape index (κ3) is 6.07. The van der Waals surface area contributed by atoms with E-state index < -0.39 is 6.10 Å². The largest absolute Gasteiger partial charge is 0.493 e. The standard InChI is InChI=1S/C26H31N3O3/c1-31-25-9-8-20(13-26(25)32-19-21-5-4-11-27-15-21)14-28-16-24(30)18-29-12-10-22-6-2-3-7-23(22)17-29/h2-9,11,13,15,24,28,30H,10,12,14,16-19H2,1H3. The van der Waals surface area contributed by atoms with Crippen LogP contribution >= 0.6 is 0 Å². The minimum Gasteiger partial charge on any atom is -0.493 e. The minimum atomic E-state index is -0.417. The summed E-state index contributed by atoms with van der Waals surface area (Å²) in [6, 6.07) is 18.4. The van der Waals surface area contributed by atoms with Gasteiger partial charge in [0.15, 0.2) is 11.5 Å². The van der Waals surface area contributed by atoms with E-state index in [0.717, 1.165) is 30.6 Å². The van der Waals surface area contributed by atoms with Crippen LogP contribution in [0.15, 0.2) is 67.0 Å². The van der Waals surface area contributed by atoms with Gasteiger partial charge in [-0.05, 0) is 41.3 Å². The lowest BCUT2D eigenvalue weighted by Gasteiger charge is -2.30. The molecule has 1 aliphatic heterocycles. The van der Waals surface area contributed by atoms with Gasteiger partial charge >= 0.3 is 0 Å². The molecule has 0 saturated carbocycles. The highest BCUT2D eigenvalue weighted by Crippen LogP contribution is 2.29. The number of nitrogens with zero attached hydrogens (tertiary/aromatic N) is 2. The molecule has 4 rings (SSSR count). The van der Waals surface area contributed by atoms with Crippen molar-refractivity contribution >= 4 is 0 Å². The van der Waals surface area contributed by atoms with Crippen molar-refractivity contribution in [1.29, 1.82) is 0 Å². The van der Waals surface area contributed by atoms with Crippen molar-refractivity contribution in [2.24, 2.45) is 0 Å². The second-order valence-corrected chi connectivity index (χ2v) is 8.17. The Balaban J connectivity index is 1.25. The zero-order valence-corrected chi connectivity index (χ0v) is 18.5. The van der Waals surface area contributed by atoms with Gasteiger partial charge in [-0.3, -0.25) is 9.88 Å². The van der Waals surface area contributed by atoms with Crippen LogP contribution in [0.2, 0.25) is 0 Å². The van der Waals surface area contributed by atoms with Crippen molar-refractivity contribution < 1.29 is 14.6 Å². The molecule has 0 saturated heterocycles. The Kier molecular flexibility index (Phi) is 7.72. The maximum Gasteiger partial charge on any atom is 0.161 e. The number of aliphatic hydroxyl groups excluding tert-OH is 1. The number of nitrogens with one attached hydrogen (secondary N) is 1. The summed E-state index contributed by atoms with van der Waals surface area (Å²) in [4.78, 5) is 6.44. The van der Waals surface area contributed by atoms with Crippen molar-refractivity contribution in [2.45, 2.75) is 32.2 Å². The number of hydrogen-bond acceptors (Lipinski definition) is 6. The molecule has 32 heavy (non-hydrogen) atoms. The topological polar surface area (TPSA) is 66.8 Å². The Hall–Kier alpha value is -2.93. The highest BCUT2D eigenvalue weighted by molar-refractivity contribution is 5.43. The predicted molar refractivity (Wildman–Crippen MR) is 125 cm³/mol. The maximum absolute atomic E-state index is 10.5. The quantitative estimate of drug-likeness (QED) is 0.512. The average Bonchev–Trinajstić information content (AvgIpc) is 2.83. The molecule has 0 aliphatic carbocycles. The number of aliphatic hydroxyl groups is 1. The summed E-state index contributed by atoms with van der Waals surface area (Å²) >= 11 is 0. The van der Waals surface area contributed by atoms with Crippen LogP contribution in [0.25, 0.3) is 0 Å². The fraction of sp³-hybridized carbons (Fsp3) is 0.346. The van der Waals surface area contributed by atoms with Crippen LogP contribution in [0.1, 0.15) is 22.3 Å². The van der Waals surface area contributed by atoms with Crippen LogP contribution in [-0.4, -0.2) is 47.8 Å². The molecule has 0 bridgehead atoms. The van der Waals surface area contributed by atoms with Gasteiger partial charge in [-0.15, -0.1) is 0 Å². The number of β-amino-alcohol motifs (C(OH)–C–C–N with tert-alkyl or cyclic N) is 1. The monoisotopic (exact) mass is 433 g/mol. The summed E-state index contributed by atoms with van der Waals surface area (Å²) in [5.41, 5.74) is 4.88. The number of fused-ring (bicyclic) bond motifs is 1. The first-order valence-corrected chi connectivity index (χ1v) is 11.1. The van der Waals surface area contributed by atoms with Gasteiger partial charge in [0, 0.05) is 50.7 Å². The van der Waals surface area contributed by atoms with Crippen LogP contribution in [0.4, 0.5) is 0 Å². The molecule has 1 aliphatic rings. The number of pyridine rings is 1. The van der Waals surface area contributed by atoms with Crippen LogP contribution in [0.3, 0.4) is 0 Å². The molecule has 168 valence electrons. The summed E-state index contributed by atoms with van der Waals surface area (Å²) in [7, 11) is 1.64. The molecule has 0 fully saturated rings. The van der Waals surface area contributed by atoms with Crippen LogP contribution < -0.4 is 14.8 Å². The van der Waals surface area contributed by atoms with Gasteiger partial charge in [0.1, 0.15) is 6.61 Å². The Morgan fingerprint density at radius 3 is 2.75 bits per heavy atom. The molecule has 0 amide bonds. The molecule has 0 spiro atoms. The lowest BCUT2D eigenvalue weighted by molar-refractivity contribution is 0.104. The Labute approximate surface area is 189 Å². The molecule has 6 heteroatoms. The minimum absolute atomic E-state index is 0.417. The highest BCUT2D eigenvalue weighted by atomic mass is 16.5. The van der Waals surface area contributed by atoms with E-state index in [-0.39, 0.29) is 0 Å². The van der Waals surface area contributed by atoms with E-state index in [1.807, 2.05) is 30.3 Å². The van der Waals surface area contributed by atoms with Gasteiger partial charge in [0.2, 0.25) is 0 Å². The number of hydrogen-bond donors (Lipinski definition) is 2. The Morgan fingerprint density at radius 2 is 1.94 bits per heavy atom. The number of aromatic nitrogens is 1. The lowest BCUT2D eigenvalue weighted by Crippen LogP contribution is -2.40. The zero-order chi connectivity index (χ0) is 22.2. The second-order valence-electron chi connectivity index (χ2n) is 8.17. The summed E-state index contributed by atoms with van der Waals surface area (Å²) in [6.07, 6.45) is 4.17. The molecule has 3 aromatic rings. The first kappa shape index (κ1) is 22.3. The molecule has 2 N–H and O–H groups in total. The van der Waals surface area contributed by atoms with Gasteiger partial charge in [0.05, 0.1) is 13.2 Å². The van der Waals surface area contributed by atoms with Crippen LogP contribution in [-0.2, 0) is 26.1 Å². The van der Waals surface area contributed by atoms with E-state index in [1.165, 1.54) is 11.1 Å². The normalized spacial score (nSPS) is 14.6. The first-order chi connectivity index (χ1) is 15.7. The van der Waals surface area contributed by atoms with Crippen molar-refractivity contribution in [3.8, 4) is 11.5 Å². The van der Waals surface area contributed by atoms with Gasteiger partial charge in [-0.1, -0.05) is 36.4 Å². The average molecular weight is 434 g/mol. The van der Waals surface area contributed by atoms with Gasteiger partial charge in [0.25, 0.3) is 0 Å². The third-order valence-electron chi connectivity index (χ3n) is 5.73. The summed E-state index contributed by atoms with van der Waals surface area (Å²) in [5, 5.41) is 13.9. The van der Waals surface area contributed by atoms with Gasteiger partial charge < -0.3 is 19.9 Å². The predicted octanol–water partition coefficient (Wildman–Crippen LogP) is 3.18. The second kappa shape index (κ2) is 11.1. The summed E-state index contributed by atoms with van der Waals surface area (Å²) in [6.45, 7) is 4.18. The van der Waals surface area contributed by atoms with E-state index in [0.29, 0.717) is 37.7 Å². The fourth-order valence-corrected chi connectivity index (χ4v) is 4.04. The molecule has 1 unspecified atom stereocenters.